The molecule has 0 spiro atoms. The standard InChI is InChI=1S/C9H7ClF3NO2/c10-6-3-1-2-4-7(6)14-8(15)16-5-9(11,12)13/h1-4H,5H2,(H,14,15). The normalized spacial score (nSPS) is 11.0. The molecular formula is C9H7ClF3NO2. The molecule has 0 fully saturated rings. The van der Waals surface area contributed by atoms with E-state index >= 15 is 0 Å². The van der Waals surface area contributed by atoms with Gasteiger partial charge in [-0.3, -0.25) is 5.32 Å². The summed E-state index contributed by atoms with van der Waals surface area (Å²) in [5, 5.41) is 2.30. The van der Waals surface area contributed by atoms with Crippen molar-refractivity contribution in [1.82, 2.24) is 0 Å². The molecule has 0 saturated heterocycles. The van der Waals surface area contributed by atoms with Crippen LogP contribution in [0.25, 0.3) is 0 Å². The molecule has 7 heteroatoms. The number of carbonyl (C=O) groups excluding carboxylic acids is 1. The van der Waals surface area contributed by atoms with Crippen LogP contribution in [-0.4, -0.2) is 18.9 Å². The Morgan fingerprint density at radius 3 is 2.56 bits per heavy atom. The van der Waals surface area contributed by atoms with Crippen molar-refractivity contribution < 1.29 is 22.7 Å². The molecule has 0 atom stereocenters. The van der Waals surface area contributed by atoms with Gasteiger partial charge in [0.15, 0.2) is 6.61 Å². The summed E-state index contributed by atoms with van der Waals surface area (Å²) in [6.45, 7) is -1.64. The van der Waals surface area contributed by atoms with E-state index in [2.05, 4.69) is 10.1 Å². The highest BCUT2D eigenvalue weighted by atomic mass is 35.5. The number of hydrogen-bond donors (Lipinski definition) is 1. The molecule has 0 bridgehead atoms. The van der Waals surface area contributed by atoms with Crippen molar-refractivity contribution in [2.24, 2.45) is 0 Å². The largest absolute Gasteiger partial charge is 0.440 e. The third-order valence-corrected chi connectivity index (χ3v) is 1.81. The first-order valence-electron chi connectivity index (χ1n) is 4.13. The molecule has 0 unspecified atom stereocenters. The number of benzene rings is 1. The number of para-hydroxylation sites is 1. The van der Waals surface area contributed by atoms with Gasteiger partial charge in [-0.1, -0.05) is 23.7 Å². The van der Waals surface area contributed by atoms with Crippen LogP contribution in [0.15, 0.2) is 24.3 Å². The topological polar surface area (TPSA) is 38.3 Å². The predicted octanol–water partition coefficient (Wildman–Crippen LogP) is 3.45. The summed E-state index contributed by atoms with van der Waals surface area (Å²) in [6, 6.07) is 6.12. The van der Waals surface area contributed by atoms with Crippen molar-refractivity contribution in [2.75, 3.05) is 11.9 Å². The Bertz CT molecular complexity index is 381. The van der Waals surface area contributed by atoms with E-state index in [1.54, 1.807) is 12.1 Å². The lowest BCUT2D eigenvalue weighted by Crippen LogP contribution is -2.23. The number of ether oxygens (including phenoxy) is 1. The summed E-state index contributed by atoms with van der Waals surface area (Å²) in [5.41, 5.74) is 0.191. The van der Waals surface area contributed by atoms with Gasteiger partial charge >= 0.3 is 12.3 Å². The Kier molecular flexibility index (Phi) is 4.00. The lowest BCUT2D eigenvalue weighted by Gasteiger charge is -2.09. The summed E-state index contributed by atoms with van der Waals surface area (Å²) >= 11 is 5.67. The third kappa shape index (κ3) is 4.39. The number of alkyl halides is 3. The Morgan fingerprint density at radius 1 is 1.38 bits per heavy atom. The van der Waals surface area contributed by atoms with Gasteiger partial charge in [0.2, 0.25) is 0 Å². The van der Waals surface area contributed by atoms with Crippen molar-refractivity contribution in [3.63, 3.8) is 0 Å². The van der Waals surface area contributed by atoms with Gasteiger partial charge in [-0.15, -0.1) is 0 Å². The van der Waals surface area contributed by atoms with Crippen molar-refractivity contribution in [2.45, 2.75) is 6.18 Å². The lowest BCUT2D eigenvalue weighted by atomic mass is 10.3. The highest BCUT2D eigenvalue weighted by molar-refractivity contribution is 6.33. The molecule has 0 aliphatic rings. The van der Waals surface area contributed by atoms with E-state index in [0.717, 1.165) is 0 Å². The van der Waals surface area contributed by atoms with E-state index in [9.17, 15) is 18.0 Å². The number of rotatable bonds is 2. The summed E-state index contributed by atoms with van der Waals surface area (Å²) in [7, 11) is 0. The number of amides is 1. The zero-order valence-corrected chi connectivity index (χ0v) is 8.60. The second-order valence-corrected chi connectivity index (χ2v) is 3.20. The van der Waals surface area contributed by atoms with Gasteiger partial charge in [0.1, 0.15) is 0 Å². The number of carbonyl (C=O) groups is 1. The van der Waals surface area contributed by atoms with E-state index in [4.69, 9.17) is 11.6 Å². The number of nitrogens with one attached hydrogen (secondary N) is 1. The van der Waals surface area contributed by atoms with Crippen LogP contribution in [0.4, 0.5) is 23.7 Å². The molecule has 1 rings (SSSR count). The molecule has 0 aliphatic carbocycles. The predicted molar refractivity (Wildman–Crippen MR) is 52.5 cm³/mol. The molecular weight excluding hydrogens is 247 g/mol. The van der Waals surface area contributed by atoms with Crippen LogP contribution in [0, 0.1) is 0 Å². The van der Waals surface area contributed by atoms with E-state index < -0.39 is 18.9 Å². The summed E-state index contributed by atoms with van der Waals surface area (Å²) in [6.07, 6.45) is -5.75. The fourth-order valence-electron chi connectivity index (χ4n) is 0.856. The van der Waals surface area contributed by atoms with E-state index in [-0.39, 0.29) is 10.7 Å². The van der Waals surface area contributed by atoms with E-state index in [0.29, 0.717) is 0 Å². The van der Waals surface area contributed by atoms with Crippen LogP contribution in [0.1, 0.15) is 0 Å². The summed E-state index contributed by atoms with van der Waals surface area (Å²) in [5.74, 6) is 0. The number of hydrogen-bond acceptors (Lipinski definition) is 2. The Hall–Kier alpha value is -1.43. The van der Waals surface area contributed by atoms with Crippen molar-refractivity contribution in [3.8, 4) is 0 Å². The van der Waals surface area contributed by atoms with Crippen LogP contribution in [-0.2, 0) is 4.74 Å². The van der Waals surface area contributed by atoms with E-state index in [1.807, 2.05) is 0 Å². The first-order valence-corrected chi connectivity index (χ1v) is 4.51. The van der Waals surface area contributed by atoms with Gasteiger partial charge in [-0.05, 0) is 12.1 Å². The molecule has 0 heterocycles. The zero-order chi connectivity index (χ0) is 12.2. The molecule has 1 N–H and O–H groups in total. The third-order valence-electron chi connectivity index (χ3n) is 1.48. The van der Waals surface area contributed by atoms with Gasteiger partial charge in [-0.25, -0.2) is 4.79 Å². The van der Waals surface area contributed by atoms with Crippen LogP contribution < -0.4 is 5.32 Å². The maximum absolute atomic E-state index is 11.7. The Balaban J connectivity index is 2.50. The minimum Gasteiger partial charge on any atom is -0.440 e. The zero-order valence-electron chi connectivity index (χ0n) is 7.84. The van der Waals surface area contributed by atoms with Crippen LogP contribution in [0.2, 0.25) is 5.02 Å². The molecule has 0 saturated carbocycles. The lowest BCUT2D eigenvalue weighted by molar-refractivity contribution is -0.159. The number of halogens is 4. The fourth-order valence-corrected chi connectivity index (χ4v) is 1.04. The molecule has 1 amide bonds. The monoisotopic (exact) mass is 253 g/mol. The maximum Gasteiger partial charge on any atom is 0.422 e. The molecule has 3 nitrogen and oxygen atoms in total. The van der Waals surface area contributed by atoms with Crippen LogP contribution >= 0.6 is 11.6 Å². The number of anilines is 1. The molecule has 88 valence electrons. The highest BCUT2D eigenvalue weighted by Crippen LogP contribution is 2.21. The van der Waals surface area contributed by atoms with Gasteiger partial charge in [0.05, 0.1) is 10.7 Å². The maximum atomic E-state index is 11.7. The molecule has 0 radical (unpaired) electrons. The highest BCUT2D eigenvalue weighted by Gasteiger charge is 2.29. The first kappa shape index (κ1) is 12.6. The van der Waals surface area contributed by atoms with Gasteiger partial charge in [0.25, 0.3) is 0 Å². The smallest absolute Gasteiger partial charge is 0.422 e. The van der Waals surface area contributed by atoms with E-state index in [1.165, 1.54) is 12.1 Å². The average molecular weight is 254 g/mol. The average Bonchev–Trinajstić information content (AvgIpc) is 2.18. The Morgan fingerprint density at radius 2 is 2.00 bits per heavy atom. The Labute approximate surface area is 94.2 Å². The fraction of sp³-hybridized carbons (Fsp3) is 0.222. The quantitative estimate of drug-likeness (QED) is 0.877. The molecule has 16 heavy (non-hydrogen) atoms. The first-order chi connectivity index (χ1) is 7.38. The van der Waals surface area contributed by atoms with Gasteiger partial charge < -0.3 is 4.74 Å². The van der Waals surface area contributed by atoms with Crippen molar-refractivity contribution in [3.05, 3.63) is 29.3 Å². The van der Waals surface area contributed by atoms with Gasteiger partial charge in [0, 0.05) is 0 Å². The second-order valence-electron chi connectivity index (χ2n) is 2.80. The molecule has 1 aromatic rings. The van der Waals surface area contributed by atoms with Crippen LogP contribution in [0.3, 0.4) is 0 Å². The van der Waals surface area contributed by atoms with Gasteiger partial charge in [-0.2, -0.15) is 13.2 Å². The van der Waals surface area contributed by atoms with Crippen LogP contribution in [0.5, 0.6) is 0 Å². The SMILES string of the molecule is O=C(Nc1ccccc1Cl)OCC(F)(F)F. The second kappa shape index (κ2) is 5.07. The summed E-state index contributed by atoms with van der Waals surface area (Å²) in [4.78, 5) is 10.9. The van der Waals surface area contributed by atoms with Crippen molar-refractivity contribution in [1.29, 1.82) is 0 Å². The van der Waals surface area contributed by atoms with Crippen molar-refractivity contribution >= 4 is 23.4 Å². The molecule has 0 aromatic heterocycles. The molecule has 1 aromatic carbocycles. The molecule has 0 aliphatic heterocycles. The minimum absolute atomic E-state index is 0.191. The summed E-state index contributed by atoms with van der Waals surface area (Å²) < 4.78 is 39.0. The minimum atomic E-state index is -4.54.